The largest absolute Gasteiger partial charge is 0.506 e. The number of aromatic nitrogens is 1. The number of hydrogen-bond acceptors (Lipinski definition) is 5. The van der Waals surface area contributed by atoms with Crippen molar-refractivity contribution < 1.29 is 13.5 Å². The first-order valence-corrected chi connectivity index (χ1v) is 13.8. The van der Waals surface area contributed by atoms with Gasteiger partial charge in [-0.1, -0.05) is 87.1 Å². The number of rotatable bonds is 5. The third-order valence-electron chi connectivity index (χ3n) is 6.07. The quantitative estimate of drug-likeness (QED) is 0.240. The lowest BCUT2D eigenvalue weighted by molar-refractivity contribution is 0.469. The molecule has 0 atom stereocenters. The number of para-hydroxylation sites is 1. The summed E-state index contributed by atoms with van der Waals surface area (Å²) in [5.74, 6) is 0.0982. The monoisotopic (exact) mass is 514 g/mol. The van der Waals surface area contributed by atoms with E-state index >= 15 is 0 Å². The average Bonchev–Trinajstić information content (AvgIpc) is 2.86. The molecule has 5 nitrogen and oxygen atoms in total. The zero-order valence-corrected chi connectivity index (χ0v) is 21.8. The number of hydrogen-bond donors (Lipinski definition) is 2. The highest BCUT2D eigenvalue weighted by Crippen LogP contribution is 2.44. The van der Waals surface area contributed by atoms with Crippen LogP contribution in [0, 0.1) is 0 Å². The molecule has 2 N–H and O–H groups in total. The maximum atomic E-state index is 13.3. The van der Waals surface area contributed by atoms with E-state index in [9.17, 15) is 13.5 Å². The fourth-order valence-electron chi connectivity index (χ4n) is 4.11. The first kappa shape index (κ1) is 24.2. The highest BCUT2D eigenvalue weighted by Gasteiger charge is 2.21. The molecule has 7 heteroatoms. The minimum atomic E-state index is -3.86. The van der Waals surface area contributed by atoms with Crippen molar-refractivity contribution in [3.8, 4) is 5.75 Å². The number of anilines is 1. The first-order valence-electron chi connectivity index (χ1n) is 11.5. The van der Waals surface area contributed by atoms with E-state index in [-0.39, 0.29) is 16.1 Å². The van der Waals surface area contributed by atoms with E-state index < -0.39 is 10.0 Å². The highest BCUT2D eigenvalue weighted by molar-refractivity contribution is 7.99. The van der Waals surface area contributed by atoms with E-state index in [1.807, 2.05) is 54.6 Å². The van der Waals surface area contributed by atoms with Crippen LogP contribution in [0.15, 0.2) is 106 Å². The molecule has 5 aromatic rings. The minimum absolute atomic E-state index is 0.0779. The Labute approximate surface area is 215 Å². The molecule has 0 fully saturated rings. The van der Waals surface area contributed by atoms with Gasteiger partial charge >= 0.3 is 0 Å². The third-order valence-corrected chi connectivity index (χ3v) is 8.53. The van der Waals surface area contributed by atoms with Crippen LogP contribution >= 0.6 is 11.8 Å². The molecule has 0 unspecified atom stereocenters. The molecular formula is C29H26N2O3S2. The number of fused-ring (bicyclic) bond motifs is 2. The lowest BCUT2D eigenvalue weighted by Crippen LogP contribution is -2.15. The zero-order valence-electron chi connectivity index (χ0n) is 20.2. The number of phenols is 1. The van der Waals surface area contributed by atoms with Crippen LogP contribution in [-0.2, 0) is 15.4 Å². The Hall–Kier alpha value is -3.55. The molecule has 0 radical (unpaired) electrons. The molecule has 0 amide bonds. The zero-order chi connectivity index (χ0) is 25.5. The van der Waals surface area contributed by atoms with Gasteiger partial charge in [-0.25, -0.2) is 8.42 Å². The molecule has 4 aromatic carbocycles. The summed E-state index contributed by atoms with van der Waals surface area (Å²) in [6.45, 7) is 6.26. The number of aromatic hydroxyl groups is 1. The maximum Gasteiger partial charge on any atom is 0.261 e. The van der Waals surface area contributed by atoms with Crippen molar-refractivity contribution in [2.75, 3.05) is 4.72 Å². The molecule has 182 valence electrons. The molecule has 0 bridgehead atoms. The van der Waals surface area contributed by atoms with E-state index in [0.29, 0.717) is 21.4 Å². The molecule has 5 rings (SSSR count). The lowest BCUT2D eigenvalue weighted by atomic mass is 9.87. The van der Waals surface area contributed by atoms with E-state index in [4.69, 9.17) is 0 Å². The third kappa shape index (κ3) is 4.64. The second-order valence-electron chi connectivity index (χ2n) is 9.63. The van der Waals surface area contributed by atoms with Gasteiger partial charge in [-0.05, 0) is 41.3 Å². The van der Waals surface area contributed by atoms with Crippen LogP contribution in [0.5, 0.6) is 5.75 Å². The van der Waals surface area contributed by atoms with Gasteiger partial charge in [0.2, 0.25) is 0 Å². The van der Waals surface area contributed by atoms with Gasteiger partial charge in [-0.3, -0.25) is 9.71 Å². The van der Waals surface area contributed by atoms with Crippen molar-refractivity contribution >= 4 is 49.1 Å². The van der Waals surface area contributed by atoms with Crippen molar-refractivity contribution in [1.29, 1.82) is 0 Å². The molecule has 1 aromatic heterocycles. The van der Waals surface area contributed by atoms with Crippen molar-refractivity contribution in [1.82, 2.24) is 4.98 Å². The van der Waals surface area contributed by atoms with Crippen molar-refractivity contribution in [3.05, 3.63) is 96.7 Å². The molecule has 0 aliphatic rings. The summed E-state index contributed by atoms with van der Waals surface area (Å²) in [4.78, 5) is 6.08. The Morgan fingerprint density at radius 1 is 0.833 bits per heavy atom. The predicted octanol–water partition coefficient (Wildman–Crippen LogP) is 7.34. The molecule has 0 aliphatic heterocycles. The summed E-state index contributed by atoms with van der Waals surface area (Å²) < 4.78 is 29.4. The number of sulfonamides is 1. The number of benzene rings is 4. The molecule has 1 heterocycles. The Kier molecular flexibility index (Phi) is 6.14. The van der Waals surface area contributed by atoms with Gasteiger partial charge in [-0.2, -0.15) is 0 Å². The summed E-state index contributed by atoms with van der Waals surface area (Å²) >= 11 is 1.35. The standard InChI is InChI=1S/C29H26N2O3S2/c1-29(2,3)20-13-15-21(16-14-20)36(33,34)31-24-18-26(28(32)23-11-5-4-10-22(23)24)35-25-12-6-8-19-9-7-17-30-27(19)25/h4-18,31-32H,1-3H3. The SMILES string of the molecule is CC(C)(C)c1ccc(S(=O)(=O)Nc2cc(Sc3cccc4cccnc34)c(O)c3ccccc23)cc1. The van der Waals surface area contributed by atoms with Gasteiger partial charge in [-0.15, -0.1) is 0 Å². The molecule has 0 saturated heterocycles. The van der Waals surface area contributed by atoms with Crippen molar-refractivity contribution in [3.63, 3.8) is 0 Å². The Morgan fingerprint density at radius 3 is 2.25 bits per heavy atom. The lowest BCUT2D eigenvalue weighted by Gasteiger charge is -2.19. The summed E-state index contributed by atoms with van der Waals surface area (Å²) in [7, 11) is -3.86. The fraction of sp³-hybridized carbons (Fsp3) is 0.138. The molecular weight excluding hydrogens is 488 g/mol. The van der Waals surface area contributed by atoms with E-state index in [1.54, 1.807) is 36.5 Å². The number of nitrogens with one attached hydrogen (secondary N) is 1. The minimum Gasteiger partial charge on any atom is -0.506 e. The van der Waals surface area contributed by atoms with Crippen molar-refractivity contribution in [2.45, 2.75) is 40.9 Å². The van der Waals surface area contributed by atoms with Crippen LogP contribution in [-0.4, -0.2) is 18.5 Å². The van der Waals surface area contributed by atoms with Crippen molar-refractivity contribution in [2.24, 2.45) is 0 Å². The van der Waals surface area contributed by atoms with E-state index in [1.165, 1.54) is 11.8 Å². The second kappa shape index (κ2) is 9.15. The first-order chi connectivity index (χ1) is 17.1. The van der Waals surface area contributed by atoms with Gasteiger partial charge in [0.05, 0.1) is 21.0 Å². The van der Waals surface area contributed by atoms with Crippen LogP contribution < -0.4 is 4.72 Å². The smallest absolute Gasteiger partial charge is 0.261 e. The number of pyridine rings is 1. The Morgan fingerprint density at radius 2 is 1.53 bits per heavy atom. The summed E-state index contributed by atoms with van der Waals surface area (Å²) in [5.41, 5.74) is 2.20. The van der Waals surface area contributed by atoms with E-state index in [0.717, 1.165) is 21.4 Å². The van der Waals surface area contributed by atoms with E-state index in [2.05, 4.69) is 30.5 Å². The van der Waals surface area contributed by atoms with Crippen LogP contribution in [0.25, 0.3) is 21.7 Å². The van der Waals surface area contributed by atoms with Crippen LogP contribution in [0.2, 0.25) is 0 Å². The van der Waals surface area contributed by atoms with Gasteiger partial charge in [0, 0.05) is 27.3 Å². The van der Waals surface area contributed by atoms with Crippen LogP contribution in [0.4, 0.5) is 5.69 Å². The Balaban J connectivity index is 1.58. The average molecular weight is 515 g/mol. The van der Waals surface area contributed by atoms with Crippen LogP contribution in [0.3, 0.4) is 0 Å². The summed E-state index contributed by atoms with van der Waals surface area (Å²) in [6, 6.07) is 25.6. The molecule has 0 aliphatic carbocycles. The topological polar surface area (TPSA) is 79.3 Å². The Bertz CT molecular complexity index is 1690. The number of nitrogens with zero attached hydrogens (tertiary/aromatic N) is 1. The van der Waals surface area contributed by atoms with Gasteiger partial charge < -0.3 is 5.11 Å². The maximum absolute atomic E-state index is 13.3. The predicted molar refractivity (Wildman–Crippen MR) is 147 cm³/mol. The summed E-state index contributed by atoms with van der Waals surface area (Å²) in [6.07, 6.45) is 1.73. The molecule has 0 spiro atoms. The summed E-state index contributed by atoms with van der Waals surface area (Å²) in [5, 5.41) is 13.3. The molecule has 0 saturated carbocycles. The fourth-order valence-corrected chi connectivity index (χ4v) is 6.22. The second-order valence-corrected chi connectivity index (χ2v) is 12.4. The van der Waals surface area contributed by atoms with Crippen LogP contribution in [0.1, 0.15) is 26.3 Å². The van der Waals surface area contributed by atoms with Gasteiger partial charge in [0.25, 0.3) is 10.0 Å². The normalized spacial score (nSPS) is 12.2. The number of phenolic OH excluding ortho intramolecular Hbond substituents is 1. The highest BCUT2D eigenvalue weighted by atomic mass is 32.2. The van der Waals surface area contributed by atoms with Gasteiger partial charge in [0.15, 0.2) is 0 Å². The molecule has 36 heavy (non-hydrogen) atoms. The van der Waals surface area contributed by atoms with Gasteiger partial charge in [0.1, 0.15) is 5.75 Å².